The summed E-state index contributed by atoms with van der Waals surface area (Å²) in [6.07, 6.45) is 5.74. The van der Waals surface area contributed by atoms with Crippen LogP contribution in [-0.4, -0.2) is 45.0 Å². The highest BCUT2D eigenvalue weighted by Crippen LogP contribution is 2.46. The second kappa shape index (κ2) is 10.7. The van der Waals surface area contributed by atoms with Crippen LogP contribution in [0, 0.1) is 11.3 Å². The van der Waals surface area contributed by atoms with Gasteiger partial charge in [-0.3, -0.25) is 9.69 Å². The highest BCUT2D eigenvalue weighted by Gasteiger charge is 2.34. The summed E-state index contributed by atoms with van der Waals surface area (Å²) in [6.45, 7) is 1.90. The monoisotopic (exact) mass is 582 g/mol. The van der Waals surface area contributed by atoms with E-state index in [9.17, 15) is 10.1 Å². The summed E-state index contributed by atoms with van der Waals surface area (Å²) in [5.74, 6) is 1.51. The highest BCUT2D eigenvalue weighted by atomic mass is 16.5. The van der Waals surface area contributed by atoms with E-state index in [4.69, 9.17) is 14.5 Å². The van der Waals surface area contributed by atoms with Gasteiger partial charge in [-0.05, 0) is 90.2 Å². The van der Waals surface area contributed by atoms with Crippen molar-refractivity contribution in [2.45, 2.75) is 44.3 Å². The zero-order chi connectivity index (χ0) is 29.8. The van der Waals surface area contributed by atoms with Gasteiger partial charge in [-0.25, -0.2) is 4.98 Å². The number of hydrogen-bond donors (Lipinski definition) is 0. The van der Waals surface area contributed by atoms with Gasteiger partial charge in [0.2, 0.25) is 0 Å². The average molecular weight is 583 g/mol. The fourth-order valence-corrected chi connectivity index (χ4v) is 6.40. The minimum Gasteiger partial charge on any atom is -0.381 e. The number of pyridine rings is 1. The molecule has 0 bridgehead atoms. The Balaban J connectivity index is 1.21. The molecule has 2 aromatic heterocycles. The number of anilines is 2. The minimum atomic E-state index is -0.0936. The third-order valence-corrected chi connectivity index (χ3v) is 8.81. The van der Waals surface area contributed by atoms with Gasteiger partial charge < -0.3 is 14.0 Å². The molecule has 0 spiro atoms. The predicted molar refractivity (Wildman–Crippen MR) is 165 cm³/mol. The molecule has 0 radical (unpaired) electrons. The molecule has 1 saturated heterocycles. The van der Waals surface area contributed by atoms with Crippen LogP contribution in [0.25, 0.3) is 33.3 Å². The molecule has 5 aromatic rings. The molecule has 9 nitrogen and oxygen atoms in total. The van der Waals surface area contributed by atoms with Gasteiger partial charge in [0.05, 0.1) is 35.6 Å². The van der Waals surface area contributed by atoms with Crippen molar-refractivity contribution in [2.75, 3.05) is 18.1 Å². The molecule has 8 rings (SSSR count). The van der Waals surface area contributed by atoms with Gasteiger partial charge in [0.1, 0.15) is 12.1 Å². The van der Waals surface area contributed by atoms with Gasteiger partial charge in [-0.2, -0.15) is 5.26 Å². The molecule has 2 aliphatic heterocycles. The maximum atomic E-state index is 14.2. The van der Waals surface area contributed by atoms with Crippen LogP contribution in [0.15, 0.2) is 67.0 Å². The number of carbonyl (C=O) groups is 1. The number of benzene rings is 3. The summed E-state index contributed by atoms with van der Waals surface area (Å²) >= 11 is 0. The van der Waals surface area contributed by atoms with Crippen LogP contribution in [0.3, 0.4) is 0 Å². The molecular formula is C35H30N6O3. The summed E-state index contributed by atoms with van der Waals surface area (Å²) in [5.41, 5.74) is 6.61. The highest BCUT2D eigenvalue weighted by molar-refractivity contribution is 6.27. The van der Waals surface area contributed by atoms with Crippen LogP contribution in [0.4, 0.5) is 11.5 Å². The molecule has 218 valence electrons. The molecular weight excluding hydrogens is 552 g/mol. The molecule has 0 atom stereocenters. The van der Waals surface area contributed by atoms with E-state index >= 15 is 0 Å². The van der Waals surface area contributed by atoms with Crippen LogP contribution in [0.5, 0.6) is 0 Å². The first kappa shape index (κ1) is 26.7. The number of amides is 1. The van der Waals surface area contributed by atoms with Crippen molar-refractivity contribution in [1.29, 1.82) is 5.26 Å². The lowest BCUT2D eigenvalue weighted by atomic mass is 9.96. The lowest BCUT2D eigenvalue weighted by Gasteiger charge is -2.22. The summed E-state index contributed by atoms with van der Waals surface area (Å²) < 4.78 is 13.5. The van der Waals surface area contributed by atoms with Gasteiger partial charge in [-0.15, -0.1) is 10.2 Å². The molecule has 9 heteroatoms. The van der Waals surface area contributed by atoms with E-state index in [2.05, 4.69) is 34.5 Å². The Morgan fingerprint density at radius 1 is 1.00 bits per heavy atom. The Labute approximate surface area is 254 Å². The van der Waals surface area contributed by atoms with E-state index in [1.807, 2.05) is 54.1 Å². The Bertz CT molecular complexity index is 1980. The van der Waals surface area contributed by atoms with Crippen LogP contribution < -0.4 is 4.90 Å². The largest absolute Gasteiger partial charge is 0.381 e. The average Bonchev–Trinajstić information content (AvgIpc) is 3.77. The van der Waals surface area contributed by atoms with Crippen LogP contribution in [-0.2, 0) is 23.1 Å². The lowest BCUT2D eigenvalue weighted by Crippen LogP contribution is -2.23. The van der Waals surface area contributed by atoms with Crippen molar-refractivity contribution in [3.8, 4) is 28.6 Å². The van der Waals surface area contributed by atoms with E-state index in [1.165, 1.54) is 0 Å². The topological polar surface area (TPSA) is 106 Å². The maximum absolute atomic E-state index is 14.2. The van der Waals surface area contributed by atoms with Crippen LogP contribution >= 0.6 is 0 Å². The number of rotatable bonds is 7. The standard InChI is InChI=1S/C35H30N6O3/c1-40-20-37-39-34(40)28-14-21(18-36)5-8-27(28)25-16-30(23-6-7-23)38-32(17-25)41-31-4-2-3-24-13-22(15-29(33(24)31)35(41)42)19-44-26-9-11-43-12-10-26/h2-5,8,13-17,20,23,26H,6-7,9-12,19H2,1H3. The number of nitriles is 1. The van der Waals surface area contributed by atoms with Gasteiger partial charge in [0, 0.05) is 42.8 Å². The van der Waals surface area contributed by atoms with Crippen molar-refractivity contribution in [2.24, 2.45) is 7.05 Å². The van der Waals surface area contributed by atoms with E-state index in [0.717, 1.165) is 83.3 Å². The molecule has 3 aliphatic rings. The lowest BCUT2D eigenvalue weighted by molar-refractivity contribution is -0.0390. The number of ether oxygens (including phenoxy) is 2. The number of carbonyl (C=O) groups excluding carboxylic acids is 1. The van der Waals surface area contributed by atoms with Crippen LogP contribution in [0.1, 0.15) is 58.8 Å². The van der Waals surface area contributed by atoms with Gasteiger partial charge >= 0.3 is 0 Å². The molecule has 2 fully saturated rings. The Morgan fingerprint density at radius 2 is 1.86 bits per heavy atom. The molecule has 1 amide bonds. The van der Waals surface area contributed by atoms with Gasteiger partial charge in [0.25, 0.3) is 5.91 Å². The number of nitrogens with zero attached hydrogens (tertiary/aromatic N) is 6. The van der Waals surface area contributed by atoms with Crippen molar-refractivity contribution in [1.82, 2.24) is 19.7 Å². The molecule has 3 aromatic carbocycles. The maximum Gasteiger partial charge on any atom is 0.264 e. The fraction of sp³-hybridized carbons (Fsp3) is 0.286. The van der Waals surface area contributed by atoms with E-state index < -0.39 is 0 Å². The number of hydrogen-bond acceptors (Lipinski definition) is 7. The van der Waals surface area contributed by atoms with E-state index in [1.54, 1.807) is 11.2 Å². The molecule has 1 aliphatic carbocycles. The zero-order valence-corrected chi connectivity index (χ0v) is 24.4. The van der Waals surface area contributed by atoms with Gasteiger partial charge in [0.15, 0.2) is 5.82 Å². The Kier molecular flexibility index (Phi) is 6.47. The van der Waals surface area contributed by atoms with Gasteiger partial charge in [-0.1, -0.05) is 18.2 Å². The second-order valence-electron chi connectivity index (χ2n) is 11.8. The minimum absolute atomic E-state index is 0.0936. The Morgan fingerprint density at radius 3 is 2.64 bits per heavy atom. The number of aryl methyl sites for hydroxylation is 1. The Hall–Kier alpha value is -4.91. The first-order chi connectivity index (χ1) is 21.6. The summed E-state index contributed by atoms with van der Waals surface area (Å²) in [4.78, 5) is 21.1. The van der Waals surface area contributed by atoms with Crippen molar-refractivity contribution >= 4 is 28.2 Å². The molecule has 0 N–H and O–H groups in total. The summed E-state index contributed by atoms with van der Waals surface area (Å²) in [6, 6.07) is 22.1. The predicted octanol–water partition coefficient (Wildman–Crippen LogP) is 6.43. The van der Waals surface area contributed by atoms with Crippen LogP contribution in [0.2, 0.25) is 0 Å². The fourth-order valence-electron chi connectivity index (χ4n) is 6.40. The third-order valence-electron chi connectivity index (χ3n) is 8.81. The second-order valence-corrected chi connectivity index (χ2v) is 11.8. The normalized spacial score (nSPS) is 16.5. The zero-order valence-electron chi connectivity index (χ0n) is 24.4. The molecule has 0 unspecified atom stereocenters. The summed E-state index contributed by atoms with van der Waals surface area (Å²) in [5, 5.41) is 20.0. The van der Waals surface area contributed by atoms with Crippen molar-refractivity contribution in [3.63, 3.8) is 0 Å². The molecule has 1 saturated carbocycles. The first-order valence-electron chi connectivity index (χ1n) is 15.1. The SMILES string of the molecule is Cn1cnnc1-c1cc(C#N)ccc1-c1cc(C2CC2)nc(N2C(=O)c3cc(COC4CCOCC4)cc4cccc2c34)c1. The first-order valence-corrected chi connectivity index (χ1v) is 15.1. The smallest absolute Gasteiger partial charge is 0.264 e. The van der Waals surface area contributed by atoms with Crippen molar-refractivity contribution in [3.05, 3.63) is 89.4 Å². The molecule has 4 heterocycles. The van der Waals surface area contributed by atoms with Crippen molar-refractivity contribution < 1.29 is 14.3 Å². The third kappa shape index (κ3) is 4.64. The summed E-state index contributed by atoms with van der Waals surface area (Å²) in [7, 11) is 1.88. The number of aromatic nitrogens is 4. The quantitative estimate of drug-likeness (QED) is 0.218. The van der Waals surface area contributed by atoms with E-state index in [-0.39, 0.29) is 12.0 Å². The van der Waals surface area contributed by atoms with E-state index in [0.29, 0.717) is 35.3 Å². The molecule has 44 heavy (non-hydrogen) atoms.